The summed E-state index contributed by atoms with van der Waals surface area (Å²) in [5.41, 5.74) is 14.7. The smallest absolute Gasteiger partial charge is 0.0140 e. The molecule has 0 fully saturated rings. The van der Waals surface area contributed by atoms with Crippen molar-refractivity contribution in [2.75, 3.05) is 0 Å². The molecule has 0 spiro atoms. The Bertz CT molecular complexity index is 1320. The van der Waals surface area contributed by atoms with Gasteiger partial charge in [0.1, 0.15) is 0 Å². The highest BCUT2D eigenvalue weighted by Gasteiger charge is 2.22. The molecule has 0 N–H and O–H groups in total. The highest BCUT2D eigenvalue weighted by Crippen LogP contribution is 2.41. The van der Waals surface area contributed by atoms with Gasteiger partial charge in [0.05, 0.1) is 0 Å². The predicted octanol–water partition coefficient (Wildman–Crippen LogP) is 5.62. The van der Waals surface area contributed by atoms with Crippen LogP contribution >= 0.6 is 7.82 Å². The van der Waals surface area contributed by atoms with E-state index >= 15 is 0 Å². The molecule has 2 aliphatic rings. The van der Waals surface area contributed by atoms with Crippen molar-refractivity contribution in [3.63, 3.8) is 0 Å². The average Bonchev–Trinajstić information content (AvgIpc) is 2.92. The fraction of sp³-hybridized carbons (Fsp3) is 0.250. The second-order valence-corrected chi connectivity index (χ2v) is 10.8. The number of aryl methyl sites for hydroxylation is 2. The molecule has 4 aromatic carbocycles. The lowest BCUT2D eigenvalue weighted by molar-refractivity contribution is -0.432. The molecule has 0 radical (unpaired) electrons. The minimum atomic E-state index is -5.39. The zero-order valence-corrected chi connectivity index (χ0v) is 21.7. The topological polar surface area (TPSA) is 86.2 Å². The maximum Gasteiger partial charge on any atom is -0.0140 e. The molecular formula is C32H30O4P-3. The van der Waals surface area contributed by atoms with Gasteiger partial charge in [-0.15, -0.1) is 0 Å². The first-order valence-corrected chi connectivity index (χ1v) is 14.5. The van der Waals surface area contributed by atoms with Gasteiger partial charge in [-0.25, -0.2) is 0 Å². The Kier molecular flexibility index (Phi) is 7.73. The van der Waals surface area contributed by atoms with Crippen LogP contribution in [0.4, 0.5) is 0 Å². The van der Waals surface area contributed by atoms with E-state index in [2.05, 4.69) is 84.9 Å². The highest BCUT2D eigenvalue weighted by atomic mass is 31.2. The van der Waals surface area contributed by atoms with Crippen molar-refractivity contribution < 1.29 is 19.2 Å². The van der Waals surface area contributed by atoms with E-state index in [0.717, 1.165) is 0 Å². The Morgan fingerprint density at radius 1 is 0.486 bits per heavy atom. The molecule has 4 nitrogen and oxygen atoms in total. The van der Waals surface area contributed by atoms with Crippen molar-refractivity contribution in [1.29, 1.82) is 0 Å². The molecule has 0 aliphatic heterocycles. The molecule has 5 heteroatoms. The molecular weight excluding hydrogens is 479 g/mol. The normalized spacial score (nSPS) is 14.7. The van der Waals surface area contributed by atoms with Crippen molar-refractivity contribution >= 4 is 7.82 Å². The van der Waals surface area contributed by atoms with Crippen LogP contribution < -0.4 is 14.7 Å². The van der Waals surface area contributed by atoms with Gasteiger partial charge < -0.3 is 19.2 Å². The van der Waals surface area contributed by atoms with E-state index < -0.39 is 7.82 Å². The van der Waals surface area contributed by atoms with Crippen LogP contribution in [-0.2, 0) is 30.2 Å². The van der Waals surface area contributed by atoms with Crippen molar-refractivity contribution in [3.8, 4) is 33.4 Å². The van der Waals surface area contributed by atoms with Crippen LogP contribution in [0.15, 0.2) is 84.9 Å². The predicted molar refractivity (Wildman–Crippen MR) is 144 cm³/mol. The maximum atomic E-state index is 8.55. The lowest BCUT2D eigenvalue weighted by Crippen LogP contribution is -2.24. The second kappa shape index (κ2) is 11.2. The van der Waals surface area contributed by atoms with Gasteiger partial charge in [0, 0.05) is 0 Å². The van der Waals surface area contributed by atoms with Crippen LogP contribution in [0.1, 0.15) is 47.9 Å². The molecule has 0 bridgehead atoms. The molecule has 190 valence electrons. The summed E-state index contributed by atoms with van der Waals surface area (Å²) in [6.07, 6.45) is 10.1. The van der Waals surface area contributed by atoms with E-state index in [1.54, 1.807) is 22.3 Å². The molecule has 0 saturated heterocycles. The van der Waals surface area contributed by atoms with Crippen LogP contribution in [0.25, 0.3) is 33.4 Å². The quantitative estimate of drug-likeness (QED) is 0.336. The van der Waals surface area contributed by atoms with E-state index in [9.17, 15) is 0 Å². The maximum absolute atomic E-state index is 8.55. The molecule has 0 heterocycles. The van der Waals surface area contributed by atoms with Gasteiger partial charge in [0.2, 0.25) is 0 Å². The number of fused-ring (bicyclic) bond motifs is 2. The number of benzene rings is 4. The number of rotatable bonds is 3. The van der Waals surface area contributed by atoms with Gasteiger partial charge >= 0.3 is 0 Å². The number of hydrogen-bond acceptors (Lipinski definition) is 4. The van der Waals surface area contributed by atoms with E-state index in [-0.39, 0.29) is 0 Å². The van der Waals surface area contributed by atoms with Crippen LogP contribution in [0.3, 0.4) is 0 Å². The summed E-state index contributed by atoms with van der Waals surface area (Å²) in [7, 11) is -5.39. The lowest BCUT2D eigenvalue weighted by Gasteiger charge is -2.36. The summed E-state index contributed by atoms with van der Waals surface area (Å²) in [6, 6.07) is 31.8. The number of hydrogen-bond donors (Lipinski definition) is 0. The molecule has 2 aliphatic carbocycles. The first-order valence-electron chi connectivity index (χ1n) is 13.0. The number of phosphoric acid groups is 1. The molecule has 4 aromatic rings. The van der Waals surface area contributed by atoms with Gasteiger partial charge in [-0.1, -0.05) is 72.8 Å². The molecule has 0 saturated carbocycles. The summed E-state index contributed by atoms with van der Waals surface area (Å²) < 4.78 is 8.55. The van der Waals surface area contributed by atoms with Crippen LogP contribution in [-0.4, -0.2) is 0 Å². The largest absolute Gasteiger partial charge is 0.822 e. The first kappa shape index (κ1) is 25.6. The molecule has 0 amide bonds. The fourth-order valence-corrected chi connectivity index (χ4v) is 5.81. The Morgan fingerprint density at radius 2 is 0.838 bits per heavy atom. The van der Waals surface area contributed by atoms with Crippen LogP contribution in [0.2, 0.25) is 0 Å². The molecule has 0 aromatic heterocycles. The summed E-state index contributed by atoms with van der Waals surface area (Å²) in [5, 5.41) is 0. The van der Waals surface area contributed by atoms with Crippen molar-refractivity contribution in [3.05, 3.63) is 107 Å². The molecule has 37 heavy (non-hydrogen) atoms. The van der Waals surface area contributed by atoms with Gasteiger partial charge in [0.25, 0.3) is 0 Å². The van der Waals surface area contributed by atoms with Crippen molar-refractivity contribution in [2.45, 2.75) is 51.4 Å². The average molecular weight is 510 g/mol. The van der Waals surface area contributed by atoms with E-state index in [1.807, 2.05) is 0 Å². The summed E-state index contributed by atoms with van der Waals surface area (Å²) in [6.45, 7) is 0. The second-order valence-electron chi connectivity index (χ2n) is 9.92. The van der Waals surface area contributed by atoms with Gasteiger partial charge in [0.15, 0.2) is 0 Å². The SMILES string of the molecule is O=P([O-])([O-])[O-].c1ccc(-c2cc3c(c(-c4cc(-c5ccccc5)cc5c4CCCC5)c2)CCCC3)cc1. The van der Waals surface area contributed by atoms with Crippen LogP contribution in [0.5, 0.6) is 0 Å². The summed E-state index contributed by atoms with van der Waals surface area (Å²) in [5.74, 6) is 0. The van der Waals surface area contributed by atoms with Gasteiger partial charge in [-0.05, 0) is 119 Å². The Morgan fingerprint density at radius 3 is 1.22 bits per heavy atom. The Labute approximate surface area is 218 Å². The third-order valence-corrected chi connectivity index (χ3v) is 7.43. The zero-order chi connectivity index (χ0) is 25.8. The van der Waals surface area contributed by atoms with Crippen LogP contribution in [0, 0.1) is 0 Å². The van der Waals surface area contributed by atoms with Gasteiger partial charge in [-0.2, -0.15) is 7.82 Å². The summed E-state index contributed by atoms with van der Waals surface area (Å²) >= 11 is 0. The van der Waals surface area contributed by atoms with E-state index in [0.29, 0.717) is 0 Å². The monoisotopic (exact) mass is 509 g/mol. The standard InChI is InChI=1S/C32H30.H3O4P/c1-3-11-23(12-4-1)27-19-25-15-7-9-17-29(25)31(21-27)32-22-28(24-13-5-2-6-14-24)20-26-16-8-10-18-30(26)32;1-5(2,3)4/h1-6,11-14,19-22H,7-10,15-18H2;(H3,1,2,3,4)/p-3. The summed E-state index contributed by atoms with van der Waals surface area (Å²) in [4.78, 5) is 25.6. The minimum Gasteiger partial charge on any atom is -0.822 e. The Balaban J connectivity index is 0.000000514. The fourth-order valence-electron chi connectivity index (χ4n) is 5.81. The molecule has 0 atom stereocenters. The zero-order valence-electron chi connectivity index (χ0n) is 20.8. The van der Waals surface area contributed by atoms with Crippen molar-refractivity contribution in [2.24, 2.45) is 0 Å². The van der Waals surface area contributed by atoms with Crippen molar-refractivity contribution in [1.82, 2.24) is 0 Å². The molecule has 0 unspecified atom stereocenters. The minimum absolute atomic E-state index is 1.21. The Hall–Kier alpha value is -3.01. The first-order chi connectivity index (χ1) is 17.9. The van der Waals surface area contributed by atoms with E-state index in [1.165, 1.54) is 84.7 Å². The van der Waals surface area contributed by atoms with Gasteiger partial charge in [-0.3, -0.25) is 0 Å². The third kappa shape index (κ3) is 6.29. The van der Waals surface area contributed by atoms with E-state index in [4.69, 9.17) is 19.2 Å². The highest BCUT2D eigenvalue weighted by molar-refractivity contribution is 7.40. The lowest BCUT2D eigenvalue weighted by atomic mass is 9.78. The molecule has 6 rings (SSSR count). The third-order valence-electron chi connectivity index (χ3n) is 7.43.